The van der Waals surface area contributed by atoms with Crippen LogP contribution in [-0.4, -0.2) is 19.1 Å². The van der Waals surface area contributed by atoms with Crippen molar-refractivity contribution in [3.8, 4) is 0 Å². The molecule has 2 nitrogen and oxygen atoms in total. The summed E-state index contributed by atoms with van der Waals surface area (Å²) in [7, 11) is 0. The topological polar surface area (TPSA) is 38.0 Å². The van der Waals surface area contributed by atoms with Crippen LogP contribution in [0, 0.1) is 5.41 Å². The van der Waals surface area contributed by atoms with Gasteiger partial charge in [-0.15, -0.1) is 0 Å². The zero-order valence-electron chi connectivity index (χ0n) is 9.81. The van der Waals surface area contributed by atoms with Crippen molar-refractivity contribution in [2.45, 2.75) is 58.4 Å². The fraction of sp³-hybridized carbons (Fsp3) is 1.00. The minimum absolute atomic E-state index is 0.364. The van der Waals surface area contributed by atoms with Gasteiger partial charge < -0.3 is 11.1 Å². The summed E-state index contributed by atoms with van der Waals surface area (Å²) in [5.74, 6) is 0. The Morgan fingerprint density at radius 3 is 2.57 bits per heavy atom. The van der Waals surface area contributed by atoms with Crippen LogP contribution in [0.25, 0.3) is 0 Å². The van der Waals surface area contributed by atoms with Crippen LogP contribution in [0.2, 0.25) is 0 Å². The van der Waals surface area contributed by atoms with Gasteiger partial charge in [0.2, 0.25) is 0 Å². The van der Waals surface area contributed by atoms with Gasteiger partial charge in [-0.2, -0.15) is 0 Å². The van der Waals surface area contributed by atoms with Crippen LogP contribution >= 0.6 is 0 Å². The zero-order valence-corrected chi connectivity index (χ0v) is 9.81. The average Bonchev–Trinajstić information content (AvgIpc) is 2.96. The molecule has 1 saturated carbocycles. The minimum atomic E-state index is 0.364. The number of rotatable bonds is 8. The molecule has 1 unspecified atom stereocenters. The highest BCUT2D eigenvalue weighted by molar-refractivity contribution is 4.93. The maximum absolute atomic E-state index is 5.99. The Hall–Kier alpha value is -0.0800. The molecule has 0 aromatic rings. The monoisotopic (exact) mass is 198 g/mol. The molecular formula is C12H26N2. The standard InChI is InChI=1S/C12H26N2/c1-3-5-6-11(13)9-14-10-12(4-2)7-8-12/h11,14H,3-10,13H2,1-2H3. The molecule has 1 fully saturated rings. The van der Waals surface area contributed by atoms with Crippen LogP contribution in [0.15, 0.2) is 0 Å². The summed E-state index contributed by atoms with van der Waals surface area (Å²) in [5.41, 5.74) is 6.65. The lowest BCUT2D eigenvalue weighted by atomic mass is 10.0. The van der Waals surface area contributed by atoms with Gasteiger partial charge in [-0.1, -0.05) is 26.7 Å². The average molecular weight is 198 g/mol. The second-order valence-electron chi connectivity index (χ2n) is 4.89. The summed E-state index contributed by atoms with van der Waals surface area (Å²) in [6, 6.07) is 0.364. The number of nitrogens with two attached hydrogens (primary N) is 1. The van der Waals surface area contributed by atoms with E-state index >= 15 is 0 Å². The Balaban J connectivity index is 1.97. The Morgan fingerprint density at radius 1 is 1.36 bits per heavy atom. The molecule has 14 heavy (non-hydrogen) atoms. The third-order valence-electron chi connectivity index (χ3n) is 3.54. The lowest BCUT2D eigenvalue weighted by molar-refractivity contribution is 0.423. The second kappa shape index (κ2) is 5.72. The first-order chi connectivity index (χ1) is 6.72. The van der Waals surface area contributed by atoms with Crippen molar-refractivity contribution in [3.05, 3.63) is 0 Å². The number of unbranched alkanes of at least 4 members (excludes halogenated alkanes) is 1. The van der Waals surface area contributed by atoms with Crippen LogP contribution in [0.4, 0.5) is 0 Å². The molecule has 0 spiro atoms. The molecule has 0 bridgehead atoms. The Labute approximate surface area is 88.6 Å². The molecule has 1 aliphatic rings. The van der Waals surface area contributed by atoms with E-state index in [1.165, 1.54) is 45.1 Å². The largest absolute Gasteiger partial charge is 0.327 e. The molecule has 2 heteroatoms. The molecule has 0 radical (unpaired) electrons. The highest BCUT2D eigenvalue weighted by Crippen LogP contribution is 2.47. The van der Waals surface area contributed by atoms with Crippen LogP contribution in [0.5, 0.6) is 0 Å². The van der Waals surface area contributed by atoms with Crippen LogP contribution in [-0.2, 0) is 0 Å². The van der Waals surface area contributed by atoms with Crippen molar-refractivity contribution >= 4 is 0 Å². The fourth-order valence-electron chi connectivity index (χ4n) is 1.92. The van der Waals surface area contributed by atoms with E-state index in [1.54, 1.807) is 0 Å². The molecule has 0 amide bonds. The summed E-state index contributed by atoms with van der Waals surface area (Å²) >= 11 is 0. The van der Waals surface area contributed by atoms with Gasteiger partial charge in [0.25, 0.3) is 0 Å². The predicted molar refractivity (Wildman–Crippen MR) is 62.3 cm³/mol. The van der Waals surface area contributed by atoms with Gasteiger partial charge in [0.15, 0.2) is 0 Å². The first-order valence-corrected chi connectivity index (χ1v) is 6.19. The minimum Gasteiger partial charge on any atom is -0.327 e. The lowest BCUT2D eigenvalue weighted by Crippen LogP contribution is -2.36. The van der Waals surface area contributed by atoms with Crippen molar-refractivity contribution < 1.29 is 0 Å². The van der Waals surface area contributed by atoms with E-state index in [9.17, 15) is 0 Å². The number of hydrogen-bond acceptors (Lipinski definition) is 2. The number of nitrogens with one attached hydrogen (secondary N) is 1. The zero-order chi connectivity index (χ0) is 10.4. The van der Waals surface area contributed by atoms with E-state index in [4.69, 9.17) is 5.73 Å². The lowest BCUT2D eigenvalue weighted by Gasteiger charge is -2.16. The van der Waals surface area contributed by atoms with E-state index in [1.807, 2.05) is 0 Å². The molecule has 0 aliphatic heterocycles. The molecule has 0 heterocycles. The molecule has 1 atom stereocenters. The highest BCUT2D eigenvalue weighted by atomic mass is 14.9. The first kappa shape index (κ1) is 12.0. The first-order valence-electron chi connectivity index (χ1n) is 6.19. The van der Waals surface area contributed by atoms with Gasteiger partial charge in [0, 0.05) is 19.1 Å². The summed E-state index contributed by atoms with van der Waals surface area (Å²) in [4.78, 5) is 0. The quantitative estimate of drug-likeness (QED) is 0.628. The molecule has 0 aromatic heterocycles. The van der Waals surface area contributed by atoms with Crippen LogP contribution in [0.1, 0.15) is 52.4 Å². The fourth-order valence-corrected chi connectivity index (χ4v) is 1.92. The van der Waals surface area contributed by atoms with Gasteiger partial charge in [0.05, 0.1) is 0 Å². The molecule has 1 aliphatic carbocycles. The van der Waals surface area contributed by atoms with Crippen molar-refractivity contribution in [3.63, 3.8) is 0 Å². The number of hydrogen-bond donors (Lipinski definition) is 2. The van der Waals surface area contributed by atoms with Crippen molar-refractivity contribution in [2.75, 3.05) is 13.1 Å². The molecule has 3 N–H and O–H groups in total. The SMILES string of the molecule is CCCCC(N)CNCC1(CC)CC1. The van der Waals surface area contributed by atoms with Crippen molar-refractivity contribution in [2.24, 2.45) is 11.1 Å². The molecule has 84 valence electrons. The van der Waals surface area contributed by atoms with Gasteiger partial charge in [-0.25, -0.2) is 0 Å². The van der Waals surface area contributed by atoms with Crippen LogP contribution < -0.4 is 11.1 Å². The van der Waals surface area contributed by atoms with E-state index in [-0.39, 0.29) is 0 Å². The van der Waals surface area contributed by atoms with E-state index in [0.29, 0.717) is 11.5 Å². The second-order valence-corrected chi connectivity index (χ2v) is 4.89. The van der Waals surface area contributed by atoms with Crippen LogP contribution in [0.3, 0.4) is 0 Å². The van der Waals surface area contributed by atoms with Crippen molar-refractivity contribution in [1.82, 2.24) is 5.32 Å². The van der Waals surface area contributed by atoms with Crippen molar-refractivity contribution in [1.29, 1.82) is 0 Å². The highest BCUT2D eigenvalue weighted by Gasteiger charge is 2.39. The summed E-state index contributed by atoms with van der Waals surface area (Å²) < 4.78 is 0. The van der Waals surface area contributed by atoms with Gasteiger partial charge in [0.1, 0.15) is 0 Å². The van der Waals surface area contributed by atoms with Gasteiger partial charge in [-0.05, 0) is 31.1 Å². The third-order valence-corrected chi connectivity index (χ3v) is 3.54. The molecular weight excluding hydrogens is 172 g/mol. The Morgan fingerprint density at radius 2 is 2.07 bits per heavy atom. The van der Waals surface area contributed by atoms with E-state index in [0.717, 1.165) is 6.54 Å². The predicted octanol–water partition coefficient (Wildman–Crippen LogP) is 2.28. The maximum Gasteiger partial charge on any atom is 0.0165 e. The molecule has 0 saturated heterocycles. The van der Waals surface area contributed by atoms with E-state index in [2.05, 4.69) is 19.2 Å². The van der Waals surface area contributed by atoms with E-state index < -0.39 is 0 Å². The van der Waals surface area contributed by atoms with Gasteiger partial charge in [-0.3, -0.25) is 0 Å². The van der Waals surface area contributed by atoms with Gasteiger partial charge >= 0.3 is 0 Å². The summed E-state index contributed by atoms with van der Waals surface area (Å²) in [6.07, 6.45) is 7.85. The third kappa shape index (κ3) is 3.97. The summed E-state index contributed by atoms with van der Waals surface area (Å²) in [5, 5.41) is 3.52. The Bertz CT molecular complexity index is 152. The summed E-state index contributed by atoms with van der Waals surface area (Å²) in [6.45, 7) is 6.70. The molecule has 0 aromatic carbocycles. The molecule has 1 rings (SSSR count). The smallest absolute Gasteiger partial charge is 0.0165 e. The normalized spacial score (nSPS) is 20.8. The Kier molecular flexibility index (Phi) is 4.90. The maximum atomic E-state index is 5.99.